The molecule has 1 aromatic heterocycles. The predicted molar refractivity (Wildman–Crippen MR) is 140 cm³/mol. The van der Waals surface area contributed by atoms with E-state index in [1.54, 1.807) is 25.2 Å². The molecule has 0 saturated carbocycles. The van der Waals surface area contributed by atoms with Crippen LogP contribution in [-0.2, 0) is 16.5 Å². The quantitative estimate of drug-likeness (QED) is 0.546. The lowest BCUT2D eigenvalue weighted by atomic mass is 9.90. The minimum absolute atomic E-state index is 0.0675. The molecule has 1 aliphatic heterocycles. The van der Waals surface area contributed by atoms with Crippen LogP contribution in [0.2, 0.25) is 5.02 Å². The Hall–Kier alpha value is -2.92. The molecular formula is C24H32ClN5O5S. The van der Waals surface area contributed by atoms with Gasteiger partial charge in [-0.05, 0) is 52.7 Å². The molecule has 0 radical (unpaired) electrons. The predicted octanol–water partition coefficient (Wildman–Crippen LogP) is 3.84. The highest BCUT2D eigenvalue weighted by atomic mass is 35.5. The van der Waals surface area contributed by atoms with E-state index in [0.29, 0.717) is 36.8 Å². The van der Waals surface area contributed by atoms with Gasteiger partial charge in [-0.3, -0.25) is 9.36 Å². The van der Waals surface area contributed by atoms with Crippen molar-refractivity contribution in [2.24, 2.45) is 7.05 Å². The van der Waals surface area contributed by atoms with Crippen LogP contribution in [0.1, 0.15) is 50.9 Å². The van der Waals surface area contributed by atoms with Crippen LogP contribution in [-0.4, -0.2) is 53.0 Å². The number of nitrogens with two attached hydrogens (primary N) is 1. The second-order valence-corrected chi connectivity index (χ2v) is 11.3. The normalized spacial score (nSPS) is 15.4. The van der Waals surface area contributed by atoms with E-state index in [9.17, 15) is 14.4 Å². The number of ether oxygens (including phenoxy) is 2. The van der Waals surface area contributed by atoms with Gasteiger partial charge in [0.1, 0.15) is 16.3 Å². The van der Waals surface area contributed by atoms with Gasteiger partial charge in [-0.1, -0.05) is 29.4 Å². The Balaban J connectivity index is 1.78. The van der Waals surface area contributed by atoms with Crippen molar-refractivity contribution in [1.29, 1.82) is 0 Å². The lowest BCUT2D eigenvalue weighted by molar-refractivity contribution is 0.0447. The number of anilines is 2. The molecule has 2 heterocycles. The minimum atomic E-state index is -0.578. The fourth-order valence-corrected chi connectivity index (χ4v) is 5.07. The van der Waals surface area contributed by atoms with Crippen molar-refractivity contribution in [1.82, 2.24) is 14.9 Å². The van der Waals surface area contributed by atoms with E-state index in [4.69, 9.17) is 26.8 Å². The molecule has 1 amide bonds. The molecule has 1 fully saturated rings. The van der Waals surface area contributed by atoms with Gasteiger partial charge < -0.3 is 25.4 Å². The topological polar surface area (TPSA) is 129 Å². The van der Waals surface area contributed by atoms with E-state index in [2.05, 4.69) is 10.3 Å². The summed E-state index contributed by atoms with van der Waals surface area (Å²) in [5, 5.41) is 3.14. The molecule has 0 unspecified atom stereocenters. The number of halogens is 1. The summed E-state index contributed by atoms with van der Waals surface area (Å²) in [7, 11) is 2.90. The van der Waals surface area contributed by atoms with Crippen molar-refractivity contribution < 1.29 is 19.1 Å². The lowest BCUT2D eigenvalue weighted by Gasteiger charge is -2.40. The van der Waals surface area contributed by atoms with Gasteiger partial charge in [0.2, 0.25) is 5.95 Å². The van der Waals surface area contributed by atoms with E-state index in [1.807, 2.05) is 32.6 Å². The van der Waals surface area contributed by atoms with E-state index >= 15 is 0 Å². The number of nitrogen functional groups attached to an aromatic ring is 1. The Kier molecular flexibility index (Phi) is 8.14. The van der Waals surface area contributed by atoms with Gasteiger partial charge in [-0.25, -0.2) is 9.59 Å². The number of amides is 1. The molecule has 0 atom stereocenters. The number of hydrogen-bond acceptors (Lipinski definition) is 9. The molecule has 36 heavy (non-hydrogen) atoms. The average Bonchev–Trinajstić information content (AvgIpc) is 2.78. The Labute approximate surface area is 219 Å². The number of nitrogens with zero attached hydrogens (tertiary/aromatic N) is 3. The Morgan fingerprint density at radius 1 is 1.25 bits per heavy atom. The average molecular weight is 538 g/mol. The highest BCUT2D eigenvalue weighted by molar-refractivity contribution is 7.99. The first-order valence-electron chi connectivity index (χ1n) is 11.4. The summed E-state index contributed by atoms with van der Waals surface area (Å²) in [4.78, 5) is 44.6. The van der Waals surface area contributed by atoms with Gasteiger partial charge in [-0.2, -0.15) is 4.98 Å². The molecule has 3 rings (SSSR count). The zero-order valence-electron chi connectivity index (χ0n) is 21.3. The van der Waals surface area contributed by atoms with Crippen molar-refractivity contribution in [3.8, 4) is 0 Å². The number of aromatic nitrogens is 2. The standard InChI is InChI=1S/C24H32ClN5O5S/c1-23(2,3)35-22(33)28-24(4)10-12-30(13-11-24)21-27-18(26)17(19(31)29(21)5)36-15-9-7-8-14(16(15)25)20(32)34-6/h7-9H,10-13,26H2,1-6H3,(H,28,33). The van der Waals surface area contributed by atoms with Crippen molar-refractivity contribution in [2.75, 3.05) is 30.8 Å². The third-order valence-electron chi connectivity index (χ3n) is 5.79. The first kappa shape index (κ1) is 27.7. The Morgan fingerprint density at radius 2 is 1.89 bits per heavy atom. The zero-order chi connectivity index (χ0) is 26.8. The highest BCUT2D eigenvalue weighted by Gasteiger charge is 2.34. The highest BCUT2D eigenvalue weighted by Crippen LogP contribution is 2.36. The number of nitrogens with one attached hydrogen (secondary N) is 1. The largest absolute Gasteiger partial charge is 0.465 e. The van der Waals surface area contributed by atoms with Crippen LogP contribution in [0.3, 0.4) is 0 Å². The fourth-order valence-electron chi connectivity index (χ4n) is 3.81. The van der Waals surface area contributed by atoms with Crippen LogP contribution in [0.15, 0.2) is 32.8 Å². The monoisotopic (exact) mass is 537 g/mol. The minimum Gasteiger partial charge on any atom is -0.465 e. The lowest BCUT2D eigenvalue weighted by Crippen LogP contribution is -2.55. The summed E-state index contributed by atoms with van der Waals surface area (Å²) in [5.41, 5.74) is 5.06. The summed E-state index contributed by atoms with van der Waals surface area (Å²) in [5.74, 6) is -0.0662. The van der Waals surface area contributed by atoms with E-state index in [1.165, 1.54) is 11.7 Å². The summed E-state index contributed by atoms with van der Waals surface area (Å²) in [6.07, 6.45) is 0.813. The van der Waals surface area contributed by atoms with Crippen molar-refractivity contribution in [2.45, 2.75) is 61.5 Å². The van der Waals surface area contributed by atoms with Crippen LogP contribution < -0.4 is 21.5 Å². The second-order valence-electron chi connectivity index (χ2n) is 9.88. The van der Waals surface area contributed by atoms with Gasteiger partial charge in [0.05, 0.1) is 17.7 Å². The van der Waals surface area contributed by atoms with E-state index in [0.717, 1.165) is 11.8 Å². The van der Waals surface area contributed by atoms with Crippen LogP contribution in [0.4, 0.5) is 16.6 Å². The van der Waals surface area contributed by atoms with Crippen molar-refractivity contribution in [3.63, 3.8) is 0 Å². The number of alkyl carbamates (subject to hydrolysis) is 1. The fraction of sp³-hybridized carbons (Fsp3) is 0.500. The molecule has 1 aromatic carbocycles. The number of methoxy groups -OCH3 is 1. The van der Waals surface area contributed by atoms with E-state index < -0.39 is 23.2 Å². The number of carbonyl (C=O) groups is 2. The third kappa shape index (κ3) is 6.25. The molecule has 2 aromatic rings. The molecule has 196 valence electrons. The summed E-state index contributed by atoms with van der Waals surface area (Å²) < 4.78 is 11.6. The molecule has 12 heteroatoms. The summed E-state index contributed by atoms with van der Waals surface area (Å²) in [6.45, 7) is 8.55. The number of piperidine rings is 1. The maximum atomic E-state index is 13.2. The Bertz CT molecular complexity index is 1220. The third-order valence-corrected chi connectivity index (χ3v) is 7.45. The van der Waals surface area contributed by atoms with Crippen molar-refractivity contribution in [3.05, 3.63) is 39.1 Å². The molecule has 1 aliphatic rings. The molecule has 0 bridgehead atoms. The van der Waals surface area contributed by atoms with Crippen LogP contribution in [0.25, 0.3) is 0 Å². The molecule has 1 saturated heterocycles. The zero-order valence-corrected chi connectivity index (χ0v) is 22.9. The maximum Gasteiger partial charge on any atom is 0.408 e. The van der Waals surface area contributed by atoms with E-state index in [-0.39, 0.29) is 26.9 Å². The molecule has 10 nitrogen and oxygen atoms in total. The number of carbonyl (C=O) groups excluding carboxylic acids is 2. The second kappa shape index (κ2) is 10.6. The molecule has 0 spiro atoms. The van der Waals surface area contributed by atoms with Gasteiger partial charge in [0, 0.05) is 30.6 Å². The molecule has 3 N–H and O–H groups in total. The molecule has 0 aliphatic carbocycles. The van der Waals surface area contributed by atoms with Crippen molar-refractivity contribution >= 4 is 47.2 Å². The van der Waals surface area contributed by atoms with Gasteiger partial charge >= 0.3 is 12.1 Å². The number of rotatable bonds is 5. The maximum absolute atomic E-state index is 13.2. The SMILES string of the molecule is COC(=O)c1cccc(Sc2c(N)nc(N3CCC(C)(NC(=O)OC(C)(C)C)CC3)n(C)c2=O)c1Cl. The Morgan fingerprint density at radius 3 is 2.47 bits per heavy atom. The van der Waals surface area contributed by atoms with Crippen LogP contribution in [0.5, 0.6) is 0 Å². The van der Waals surface area contributed by atoms with Gasteiger partial charge in [-0.15, -0.1) is 0 Å². The molecular weight excluding hydrogens is 506 g/mol. The first-order valence-corrected chi connectivity index (χ1v) is 12.6. The smallest absolute Gasteiger partial charge is 0.408 e. The van der Waals surface area contributed by atoms with Gasteiger partial charge in [0.25, 0.3) is 5.56 Å². The van der Waals surface area contributed by atoms with Crippen LogP contribution in [0, 0.1) is 0 Å². The number of esters is 1. The summed E-state index contributed by atoms with van der Waals surface area (Å²) >= 11 is 7.44. The van der Waals surface area contributed by atoms with Gasteiger partial charge in [0.15, 0.2) is 0 Å². The number of hydrogen-bond donors (Lipinski definition) is 2. The number of benzene rings is 1. The summed E-state index contributed by atoms with van der Waals surface area (Å²) in [6, 6.07) is 4.89. The first-order chi connectivity index (χ1) is 16.7. The van der Waals surface area contributed by atoms with Crippen LogP contribution >= 0.6 is 23.4 Å².